The molecule has 0 rings (SSSR count). The number of aliphatic carboxylic acids is 1. The molecule has 2 atom stereocenters. The zero-order valence-corrected chi connectivity index (χ0v) is 13.2. The SMILES string of the molecule is CC(C)CCCC(C)CCCC(C)(Br)C(=O)O. The van der Waals surface area contributed by atoms with Gasteiger partial charge in [0, 0.05) is 0 Å². The fourth-order valence-electron chi connectivity index (χ4n) is 1.91. The normalized spacial score (nSPS) is 16.8. The third kappa shape index (κ3) is 8.64. The van der Waals surface area contributed by atoms with Crippen molar-refractivity contribution in [1.82, 2.24) is 0 Å². The number of halogens is 1. The summed E-state index contributed by atoms with van der Waals surface area (Å²) >= 11 is 3.27. The Kier molecular flexibility index (Phi) is 8.10. The summed E-state index contributed by atoms with van der Waals surface area (Å²) in [6.07, 6.45) is 6.68. The maximum Gasteiger partial charge on any atom is 0.320 e. The van der Waals surface area contributed by atoms with Crippen LogP contribution in [0.3, 0.4) is 0 Å². The molecule has 0 fully saturated rings. The molecule has 0 aliphatic rings. The summed E-state index contributed by atoms with van der Waals surface area (Å²) in [7, 11) is 0. The van der Waals surface area contributed by atoms with E-state index in [1.54, 1.807) is 6.92 Å². The van der Waals surface area contributed by atoms with Gasteiger partial charge in [-0.25, -0.2) is 0 Å². The van der Waals surface area contributed by atoms with Crippen LogP contribution in [-0.4, -0.2) is 15.4 Å². The van der Waals surface area contributed by atoms with Crippen LogP contribution >= 0.6 is 15.9 Å². The molecule has 0 aromatic rings. The molecule has 2 nitrogen and oxygen atoms in total. The molecular weight excluding hydrogens is 280 g/mol. The van der Waals surface area contributed by atoms with E-state index in [0.717, 1.165) is 18.8 Å². The fraction of sp³-hybridized carbons (Fsp3) is 0.929. The summed E-state index contributed by atoms with van der Waals surface area (Å²) in [6.45, 7) is 8.52. The Bertz CT molecular complexity index is 224. The fourth-order valence-corrected chi connectivity index (χ4v) is 2.19. The van der Waals surface area contributed by atoms with E-state index in [2.05, 4.69) is 36.7 Å². The van der Waals surface area contributed by atoms with Gasteiger partial charge in [-0.2, -0.15) is 0 Å². The van der Waals surface area contributed by atoms with Crippen LogP contribution in [0.4, 0.5) is 0 Å². The van der Waals surface area contributed by atoms with Gasteiger partial charge in [0.1, 0.15) is 4.32 Å². The van der Waals surface area contributed by atoms with Crippen LogP contribution in [0.15, 0.2) is 0 Å². The molecule has 1 N–H and O–H groups in total. The lowest BCUT2D eigenvalue weighted by Crippen LogP contribution is -2.27. The molecule has 0 aliphatic heterocycles. The van der Waals surface area contributed by atoms with Gasteiger partial charge in [-0.1, -0.05) is 68.8 Å². The van der Waals surface area contributed by atoms with E-state index in [1.165, 1.54) is 19.3 Å². The standard InChI is InChI=1S/C14H27BrO2/c1-11(2)7-5-8-12(3)9-6-10-14(4,15)13(16)17/h11-12H,5-10H2,1-4H3,(H,16,17). The Morgan fingerprint density at radius 1 is 1.18 bits per heavy atom. The predicted molar refractivity (Wildman–Crippen MR) is 76.7 cm³/mol. The summed E-state index contributed by atoms with van der Waals surface area (Å²) in [4.78, 5) is 10.9. The average molecular weight is 307 g/mol. The van der Waals surface area contributed by atoms with Gasteiger partial charge < -0.3 is 5.11 Å². The first-order valence-electron chi connectivity index (χ1n) is 6.68. The first-order chi connectivity index (χ1) is 7.75. The lowest BCUT2D eigenvalue weighted by atomic mass is 9.93. The number of hydrogen-bond acceptors (Lipinski definition) is 1. The highest BCUT2D eigenvalue weighted by Crippen LogP contribution is 2.26. The molecular formula is C14H27BrO2. The first kappa shape index (κ1) is 16.9. The Labute approximate surface area is 114 Å². The van der Waals surface area contributed by atoms with Crippen LogP contribution in [0.5, 0.6) is 0 Å². The highest BCUT2D eigenvalue weighted by Gasteiger charge is 2.28. The zero-order chi connectivity index (χ0) is 13.5. The van der Waals surface area contributed by atoms with Gasteiger partial charge in [-0.3, -0.25) is 4.79 Å². The smallest absolute Gasteiger partial charge is 0.320 e. The number of carboxylic acid groups (broad SMARTS) is 1. The minimum absolute atomic E-state index is 0.705. The molecule has 0 radical (unpaired) electrons. The molecule has 0 aromatic heterocycles. The van der Waals surface area contributed by atoms with E-state index in [9.17, 15) is 4.79 Å². The topological polar surface area (TPSA) is 37.3 Å². The summed E-state index contributed by atoms with van der Waals surface area (Å²) in [5, 5.41) is 8.96. The Hall–Kier alpha value is -0.0500. The maximum absolute atomic E-state index is 10.9. The lowest BCUT2D eigenvalue weighted by molar-refractivity contribution is -0.139. The van der Waals surface area contributed by atoms with E-state index in [4.69, 9.17) is 5.11 Å². The van der Waals surface area contributed by atoms with E-state index in [0.29, 0.717) is 12.3 Å². The molecule has 2 unspecified atom stereocenters. The van der Waals surface area contributed by atoms with Crippen LogP contribution in [0, 0.1) is 11.8 Å². The van der Waals surface area contributed by atoms with Crippen molar-refractivity contribution >= 4 is 21.9 Å². The van der Waals surface area contributed by atoms with Crippen LogP contribution < -0.4 is 0 Å². The molecule has 0 spiro atoms. The van der Waals surface area contributed by atoms with E-state index in [1.807, 2.05) is 0 Å². The molecule has 3 heteroatoms. The number of hydrogen-bond donors (Lipinski definition) is 1. The monoisotopic (exact) mass is 306 g/mol. The summed E-state index contributed by atoms with van der Waals surface area (Å²) in [6, 6.07) is 0. The molecule has 0 aliphatic carbocycles. The molecule has 0 heterocycles. The molecule has 0 saturated heterocycles. The van der Waals surface area contributed by atoms with Crippen LogP contribution in [-0.2, 0) is 4.79 Å². The minimum atomic E-state index is -0.759. The van der Waals surface area contributed by atoms with E-state index in [-0.39, 0.29) is 0 Å². The molecule has 17 heavy (non-hydrogen) atoms. The van der Waals surface area contributed by atoms with Crippen LogP contribution in [0.25, 0.3) is 0 Å². The Morgan fingerprint density at radius 3 is 2.18 bits per heavy atom. The van der Waals surface area contributed by atoms with Crippen molar-refractivity contribution in [3.63, 3.8) is 0 Å². The molecule has 102 valence electrons. The Morgan fingerprint density at radius 2 is 1.71 bits per heavy atom. The first-order valence-corrected chi connectivity index (χ1v) is 7.47. The van der Waals surface area contributed by atoms with Gasteiger partial charge >= 0.3 is 5.97 Å². The van der Waals surface area contributed by atoms with Gasteiger partial charge in [0.05, 0.1) is 0 Å². The van der Waals surface area contributed by atoms with E-state index >= 15 is 0 Å². The van der Waals surface area contributed by atoms with Crippen molar-refractivity contribution in [2.45, 2.75) is 70.5 Å². The summed E-state index contributed by atoms with van der Waals surface area (Å²) in [5.74, 6) is 0.746. The van der Waals surface area contributed by atoms with Gasteiger partial charge in [0.15, 0.2) is 0 Å². The molecule has 0 bridgehead atoms. The summed E-state index contributed by atoms with van der Waals surface area (Å²) in [5.41, 5.74) is 0. The van der Waals surface area contributed by atoms with Crippen molar-refractivity contribution in [2.24, 2.45) is 11.8 Å². The predicted octanol–water partition coefficient (Wildman–Crippen LogP) is 4.86. The number of alkyl halides is 1. The quantitative estimate of drug-likeness (QED) is 0.618. The third-order valence-electron chi connectivity index (χ3n) is 3.27. The van der Waals surface area contributed by atoms with Gasteiger partial charge in [-0.05, 0) is 25.2 Å². The molecule has 0 amide bonds. The second-order valence-electron chi connectivity index (χ2n) is 5.82. The van der Waals surface area contributed by atoms with Crippen molar-refractivity contribution < 1.29 is 9.90 Å². The van der Waals surface area contributed by atoms with Gasteiger partial charge in [-0.15, -0.1) is 0 Å². The highest BCUT2D eigenvalue weighted by atomic mass is 79.9. The maximum atomic E-state index is 10.9. The second-order valence-corrected chi connectivity index (χ2v) is 7.57. The Balaban J connectivity index is 3.64. The van der Waals surface area contributed by atoms with Crippen molar-refractivity contribution in [2.75, 3.05) is 0 Å². The van der Waals surface area contributed by atoms with Crippen LogP contribution in [0.2, 0.25) is 0 Å². The third-order valence-corrected chi connectivity index (χ3v) is 4.00. The minimum Gasteiger partial charge on any atom is -0.480 e. The van der Waals surface area contributed by atoms with Crippen molar-refractivity contribution in [1.29, 1.82) is 0 Å². The largest absolute Gasteiger partial charge is 0.480 e. The van der Waals surface area contributed by atoms with Gasteiger partial charge in [0.25, 0.3) is 0 Å². The second kappa shape index (κ2) is 8.12. The average Bonchev–Trinajstić information content (AvgIpc) is 2.16. The zero-order valence-electron chi connectivity index (χ0n) is 11.6. The van der Waals surface area contributed by atoms with E-state index < -0.39 is 10.3 Å². The van der Waals surface area contributed by atoms with Crippen molar-refractivity contribution in [3.8, 4) is 0 Å². The number of rotatable bonds is 9. The van der Waals surface area contributed by atoms with Crippen molar-refractivity contribution in [3.05, 3.63) is 0 Å². The molecule has 0 saturated carbocycles. The van der Waals surface area contributed by atoms with Gasteiger partial charge in [0.2, 0.25) is 0 Å². The van der Waals surface area contributed by atoms with Crippen LogP contribution in [0.1, 0.15) is 66.2 Å². The summed E-state index contributed by atoms with van der Waals surface area (Å²) < 4.78 is -0.745. The number of carboxylic acids is 1. The number of carbonyl (C=O) groups is 1. The molecule has 0 aromatic carbocycles. The lowest BCUT2D eigenvalue weighted by Gasteiger charge is -2.18. The highest BCUT2D eigenvalue weighted by molar-refractivity contribution is 9.10.